The molecule has 0 aromatic carbocycles. The van der Waals surface area contributed by atoms with E-state index < -0.39 is 5.60 Å². The number of fused-ring (bicyclic) bond motifs is 1. The van der Waals surface area contributed by atoms with E-state index in [0.29, 0.717) is 11.8 Å². The third-order valence-corrected chi connectivity index (χ3v) is 6.20. The summed E-state index contributed by atoms with van der Waals surface area (Å²) in [5.74, 6) is 1.03. The second kappa shape index (κ2) is 5.89. The fourth-order valence-corrected chi connectivity index (χ4v) is 4.85. The van der Waals surface area contributed by atoms with Crippen molar-refractivity contribution in [3.05, 3.63) is 24.3 Å². The molecule has 3 aliphatic rings. The summed E-state index contributed by atoms with van der Waals surface area (Å²) in [6.07, 6.45) is 18.7. The largest absolute Gasteiger partial charge is 0.393 e. The highest BCUT2D eigenvalue weighted by Crippen LogP contribution is 2.51. The van der Waals surface area contributed by atoms with Crippen LogP contribution < -0.4 is 0 Å². The average molecular weight is 290 g/mol. The normalized spacial score (nSPS) is 39.8. The van der Waals surface area contributed by atoms with Gasteiger partial charge in [0.05, 0.1) is 11.7 Å². The average Bonchev–Trinajstić information content (AvgIpc) is 2.95. The van der Waals surface area contributed by atoms with E-state index in [-0.39, 0.29) is 11.5 Å². The van der Waals surface area contributed by atoms with Crippen LogP contribution in [0.15, 0.2) is 24.3 Å². The molecule has 0 aromatic heterocycles. The molecule has 2 saturated carbocycles. The van der Waals surface area contributed by atoms with Crippen LogP contribution in [0.1, 0.15) is 64.7 Å². The van der Waals surface area contributed by atoms with Gasteiger partial charge in [-0.3, -0.25) is 0 Å². The number of aliphatic hydroxyl groups is 2. The topological polar surface area (TPSA) is 40.5 Å². The van der Waals surface area contributed by atoms with Crippen molar-refractivity contribution in [2.45, 2.75) is 76.4 Å². The van der Waals surface area contributed by atoms with E-state index in [1.54, 1.807) is 0 Å². The molecule has 21 heavy (non-hydrogen) atoms. The molecule has 0 aliphatic heterocycles. The van der Waals surface area contributed by atoms with Crippen LogP contribution in [0.2, 0.25) is 0 Å². The molecule has 0 aromatic rings. The van der Waals surface area contributed by atoms with Crippen LogP contribution in [0.4, 0.5) is 0 Å². The standard InChI is InChI=1S/C19H30O2/c1-18(21,15-7-3-2-4-8-15)10-6-12-19-11-5-9-16(19)13-17(20)14-19/h5-6,11-12,15-17,20-21H,2-4,7-10,13-14H2,1H3/b12-6+/t16?,17?,18-,19?/m0/s1. The molecule has 3 aliphatic carbocycles. The van der Waals surface area contributed by atoms with Crippen molar-refractivity contribution in [1.29, 1.82) is 0 Å². The van der Waals surface area contributed by atoms with Crippen molar-refractivity contribution < 1.29 is 10.2 Å². The van der Waals surface area contributed by atoms with Crippen molar-refractivity contribution in [3.8, 4) is 0 Å². The molecule has 3 rings (SSSR count). The fraction of sp³-hybridized carbons (Fsp3) is 0.789. The molecule has 2 fully saturated rings. The van der Waals surface area contributed by atoms with Gasteiger partial charge in [-0.15, -0.1) is 0 Å². The van der Waals surface area contributed by atoms with Crippen LogP contribution in [0, 0.1) is 17.3 Å². The van der Waals surface area contributed by atoms with Crippen LogP contribution >= 0.6 is 0 Å². The summed E-state index contributed by atoms with van der Waals surface area (Å²) in [5.41, 5.74) is -0.495. The fourth-order valence-electron chi connectivity index (χ4n) is 4.85. The molecule has 0 amide bonds. The first-order valence-corrected chi connectivity index (χ1v) is 8.78. The maximum absolute atomic E-state index is 10.8. The van der Waals surface area contributed by atoms with Gasteiger partial charge in [0.1, 0.15) is 0 Å². The highest BCUT2D eigenvalue weighted by atomic mass is 16.3. The Kier molecular flexibility index (Phi) is 4.29. The van der Waals surface area contributed by atoms with Crippen LogP contribution in [0.5, 0.6) is 0 Å². The molecule has 0 saturated heterocycles. The van der Waals surface area contributed by atoms with E-state index in [0.717, 1.165) is 25.7 Å². The smallest absolute Gasteiger partial charge is 0.0682 e. The van der Waals surface area contributed by atoms with Crippen molar-refractivity contribution in [1.82, 2.24) is 0 Å². The van der Waals surface area contributed by atoms with E-state index in [4.69, 9.17) is 0 Å². The lowest BCUT2D eigenvalue weighted by Gasteiger charge is -2.35. The molecule has 2 heteroatoms. The number of rotatable bonds is 4. The van der Waals surface area contributed by atoms with E-state index >= 15 is 0 Å². The third-order valence-electron chi connectivity index (χ3n) is 6.20. The lowest BCUT2D eigenvalue weighted by molar-refractivity contribution is -0.0138. The van der Waals surface area contributed by atoms with Gasteiger partial charge in [0.15, 0.2) is 0 Å². The predicted molar refractivity (Wildman–Crippen MR) is 85.9 cm³/mol. The van der Waals surface area contributed by atoms with E-state index in [1.165, 1.54) is 32.1 Å². The second-order valence-electron chi connectivity index (χ2n) is 7.84. The van der Waals surface area contributed by atoms with Crippen molar-refractivity contribution >= 4 is 0 Å². The van der Waals surface area contributed by atoms with E-state index in [1.807, 2.05) is 6.92 Å². The number of allylic oxidation sites excluding steroid dienone is 3. The van der Waals surface area contributed by atoms with Gasteiger partial charge in [0, 0.05) is 5.41 Å². The van der Waals surface area contributed by atoms with Gasteiger partial charge in [-0.2, -0.15) is 0 Å². The van der Waals surface area contributed by atoms with Crippen molar-refractivity contribution in [2.75, 3.05) is 0 Å². The Hall–Kier alpha value is -0.600. The van der Waals surface area contributed by atoms with Gasteiger partial charge in [0.2, 0.25) is 0 Å². The zero-order valence-corrected chi connectivity index (χ0v) is 13.3. The summed E-state index contributed by atoms with van der Waals surface area (Å²) in [4.78, 5) is 0. The van der Waals surface area contributed by atoms with Gasteiger partial charge < -0.3 is 10.2 Å². The Balaban J connectivity index is 1.62. The summed E-state index contributed by atoms with van der Waals surface area (Å²) < 4.78 is 0. The maximum atomic E-state index is 10.8. The lowest BCUT2D eigenvalue weighted by atomic mass is 9.75. The summed E-state index contributed by atoms with van der Waals surface area (Å²) in [5, 5.41) is 20.7. The molecule has 2 nitrogen and oxygen atoms in total. The van der Waals surface area contributed by atoms with Crippen LogP contribution in [0.25, 0.3) is 0 Å². The van der Waals surface area contributed by atoms with Gasteiger partial charge in [-0.1, -0.05) is 43.6 Å². The SMILES string of the molecule is C[C@](O)(C/C=C/C12C=CCC1CC(O)C2)C1CCCCC1. The second-order valence-corrected chi connectivity index (χ2v) is 7.84. The van der Waals surface area contributed by atoms with Gasteiger partial charge in [0.25, 0.3) is 0 Å². The Labute approximate surface area is 128 Å². The first kappa shape index (κ1) is 15.3. The molecular formula is C19H30O2. The number of aliphatic hydroxyl groups excluding tert-OH is 1. The molecule has 0 bridgehead atoms. The summed E-state index contributed by atoms with van der Waals surface area (Å²) >= 11 is 0. The third kappa shape index (κ3) is 3.12. The maximum Gasteiger partial charge on any atom is 0.0682 e. The van der Waals surface area contributed by atoms with E-state index in [9.17, 15) is 10.2 Å². The monoisotopic (exact) mass is 290 g/mol. The van der Waals surface area contributed by atoms with E-state index in [2.05, 4.69) is 24.3 Å². The Morgan fingerprint density at radius 2 is 2.05 bits per heavy atom. The molecular weight excluding hydrogens is 260 g/mol. The molecule has 118 valence electrons. The molecule has 2 N–H and O–H groups in total. The zero-order valence-electron chi connectivity index (χ0n) is 13.3. The number of hydrogen-bond donors (Lipinski definition) is 2. The molecule has 0 heterocycles. The van der Waals surface area contributed by atoms with Gasteiger partial charge in [-0.25, -0.2) is 0 Å². The first-order valence-electron chi connectivity index (χ1n) is 8.78. The number of hydrogen-bond acceptors (Lipinski definition) is 2. The highest BCUT2D eigenvalue weighted by Gasteiger charge is 2.45. The van der Waals surface area contributed by atoms with Crippen LogP contribution in [-0.2, 0) is 0 Å². The molecule has 0 radical (unpaired) electrons. The molecule has 4 atom stereocenters. The summed E-state index contributed by atoms with van der Waals surface area (Å²) in [6, 6.07) is 0. The molecule has 3 unspecified atom stereocenters. The van der Waals surface area contributed by atoms with Gasteiger partial charge >= 0.3 is 0 Å². The predicted octanol–water partition coefficient (Wildman–Crippen LogP) is 3.98. The van der Waals surface area contributed by atoms with Gasteiger partial charge in [-0.05, 0) is 57.3 Å². The quantitative estimate of drug-likeness (QED) is 0.769. The minimum absolute atomic E-state index is 0.0715. The minimum Gasteiger partial charge on any atom is -0.393 e. The highest BCUT2D eigenvalue weighted by molar-refractivity contribution is 5.23. The van der Waals surface area contributed by atoms with Crippen LogP contribution in [0.3, 0.4) is 0 Å². The summed E-state index contributed by atoms with van der Waals surface area (Å²) in [6.45, 7) is 2.01. The molecule has 0 spiro atoms. The van der Waals surface area contributed by atoms with Crippen molar-refractivity contribution in [2.24, 2.45) is 17.3 Å². The van der Waals surface area contributed by atoms with Crippen LogP contribution in [-0.4, -0.2) is 21.9 Å². The first-order chi connectivity index (χ1) is 10.0. The summed E-state index contributed by atoms with van der Waals surface area (Å²) in [7, 11) is 0. The minimum atomic E-state index is -0.567. The van der Waals surface area contributed by atoms with Crippen molar-refractivity contribution in [3.63, 3.8) is 0 Å². The Bertz CT molecular complexity index is 417. The lowest BCUT2D eigenvalue weighted by Crippen LogP contribution is -2.35. The zero-order chi connectivity index (χ0) is 14.9. The Morgan fingerprint density at radius 3 is 2.81 bits per heavy atom. The Morgan fingerprint density at radius 1 is 1.29 bits per heavy atom.